The van der Waals surface area contributed by atoms with Gasteiger partial charge in [-0.25, -0.2) is 9.18 Å². The van der Waals surface area contributed by atoms with Gasteiger partial charge >= 0.3 is 12.0 Å². The molecule has 1 aliphatic heterocycles. The number of likely N-dealkylation sites (tertiary alicyclic amines) is 1. The van der Waals surface area contributed by atoms with Gasteiger partial charge in [0.15, 0.2) is 0 Å². The first-order valence-electron chi connectivity index (χ1n) is 6.90. The number of rotatable bonds is 3. The van der Waals surface area contributed by atoms with Crippen molar-refractivity contribution in [2.45, 2.75) is 19.4 Å². The zero-order valence-electron chi connectivity index (χ0n) is 12.1. The number of carboxylic acids is 1. The largest absolute Gasteiger partial charge is 0.481 e. The Hall–Kier alpha value is -2.11. The molecule has 0 spiro atoms. The summed E-state index contributed by atoms with van der Waals surface area (Å²) in [5.74, 6) is -1.74. The van der Waals surface area contributed by atoms with Crippen LogP contribution in [0.1, 0.15) is 24.9 Å². The molecule has 0 aromatic heterocycles. The molecule has 2 rings (SSSR count). The summed E-state index contributed by atoms with van der Waals surface area (Å²) in [6.45, 7) is 2.38. The van der Waals surface area contributed by atoms with Gasteiger partial charge in [-0.3, -0.25) is 4.79 Å². The summed E-state index contributed by atoms with van der Waals surface area (Å²) < 4.78 is 13.8. The molecule has 2 atom stereocenters. The molecule has 0 saturated carbocycles. The standard InChI is InChI=1S/C15H19FN2O3/c1-10(12-5-3-4-6-13(12)16)17(2)15(21)18-8-7-11(9-18)14(19)20/h3-6,10-11H,7-9H2,1-2H3,(H,19,20). The molecular weight excluding hydrogens is 275 g/mol. The fourth-order valence-corrected chi connectivity index (χ4v) is 2.55. The Kier molecular flexibility index (Phi) is 4.45. The third-order valence-electron chi connectivity index (χ3n) is 4.05. The lowest BCUT2D eigenvalue weighted by atomic mass is 10.1. The maximum atomic E-state index is 13.8. The van der Waals surface area contributed by atoms with Gasteiger partial charge in [-0.05, 0) is 19.4 Å². The van der Waals surface area contributed by atoms with E-state index in [1.807, 2.05) is 0 Å². The lowest BCUT2D eigenvalue weighted by Gasteiger charge is -2.30. The van der Waals surface area contributed by atoms with Crippen LogP contribution < -0.4 is 0 Å². The van der Waals surface area contributed by atoms with Crippen LogP contribution in [0.3, 0.4) is 0 Å². The SMILES string of the molecule is CC(c1ccccc1F)N(C)C(=O)N1CCC(C(=O)O)C1. The molecule has 5 nitrogen and oxygen atoms in total. The fraction of sp³-hybridized carbons (Fsp3) is 0.467. The van der Waals surface area contributed by atoms with Gasteiger partial charge in [0.1, 0.15) is 5.82 Å². The average molecular weight is 294 g/mol. The van der Waals surface area contributed by atoms with E-state index >= 15 is 0 Å². The summed E-state index contributed by atoms with van der Waals surface area (Å²) >= 11 is 0. The number of hydrogen-bond acceptors (Lipinski definition) is 2. The van der Waals surface area contributed by atoms with Crippen molar-refractivity contribution < 1.29 is 19.1 Å². The van der Waals surface area contributed by atoms with Gasteiger partial charge in [0.05, 0.1) is 12.0 Å². The lowest BCUT2D eigenvalue weighted by Crippen LogP contribution is -2.41. The van der Waals surface area contributed by atoms with Crippen LogP contribution in [-0.2, 0) is 4.79 Å². The monoisotopic (exact) mass is 294 g/mol. The van der Waals surface area contributed by atoms with Crippen molar-refractivity contribution in [2.24, 2.45) is 5.92 Å². The van der Waals surface area contributed by atoms with Crippen LogP contribution in [0, 0.1) is 11.7 Å². The molecule has 1 saturated heterocycles. The first kappa shape index (κ1) is 15.3. The highest BCUT2D eigenvalue weighted by Gasteiger charge is 2.33. The van der Waals surface area contributed by atoms with Gasteiger partial charge in [-0.15, -0.1) is 0 Å². The second kappa shape index (κ2) is 6.11. The quantitative estimate of drug-likeness (QED) is 0.931. The summed E-state index contributed by atoms with van der Waals surface area (Å²) in [6.07, 6.45) is 0.461. The minimum absolute atomic E-state index is 0.211. The summed E-state index contributed by atoms with van der Waals surface area (Å²) in [7, 11) is 1.60. The number of aliphatic carboxylic acids is 1. The van der Waals surface area contributed by atoms with Crippen molar-refractivity contribution >= 4 is 12.0 Å². The van der Waals surface area contributed by atoms with Crippen molar-refractivity contribution in [2.75, 3.05) is 20.1 Å². The fourth-order valence-electron chi connectivity index (χ4n) is 2.55. The van der Waals surface area contributed by atoms with E-state index in [9.17, 15) is 14.0 Å². The van der Waals surface area contributed by atoms with Crippen LogP contribution in [0.25, 0.3) is 0 Å². The summed E-state index contributed by atoms with van der Waals surface area (Å²) in [6, 6.07) is 5.65. The van der Waals surface area contributed by atoms with Gasteiger partial charge in [0.25, 0.3) is 0 Å². The highest BCUT2D eigenvalue weighted by molar-refractivity contribution is 5.77. The average Bonchev–Trinajstić information content (AvgIpc) is 2.95. The molecule has 0 aliphatic carbocycles. The van der Waals surface area contributed by atoms with E-state index in [0.29, 0.717) is 18.5 Å². The van der Waals surface area contributed by atoms with Crippen LogP contribution in [0.15, 0.2) is 24.3 Å². The molecule has 1 aromatic rings. The molecule has 21 heavy (non-hydrogen) atoms. The lowest BCUT2D eigenvalue weighted by molar-refractivity contribution is -0.141. The number of carboxylic acid groups (broad SMARTS) is 1. The molecule has 0 bridgehead atoms. The van der Waals surface area contributed by atoms with Gasteiger partial charge in [-0.1, -0.05) is 18.2 Å². The van der Waals surface area contributed by atoms with Crippen molar-refractivity contribution in [3.63, 3.8) is 0 Å². The molecule has 1 heterocycles. The minimum Gasteiger partial charge on any atom is -0.481 e. The molecule has 114 valence electrons. The second-order valence-corrected chi connectivity index (χ2v) is 5.36. The topological polar surface area (TPSA) is 60.9 Å². The van der Waals surface area contributed by atoms with Gasteiger partial charge in [0.2, 0.25) is 0 Å². The zero-order chi connectivity index (χ0) is 15.6. The molecular formula is C15H19FN2O3. The Balaban J connectivity index is 2.06. The Bertz CT molecular complexity index is 549. The van der Waals surface area contributed by atoms with Gasteiger partial charge in [0, 0.05) is 25.7 Å². The number of carbonyl (C=O) groups excluding carboxylic acids is 1. The molecule has 1 fully saturated rings. The highest BCUT2D eigenvalue weighted by atomic mass is 19.1. The van der Waals surface area contributed by atoms with Crippen molar-refractivity contribution in [3.8, 4) is 0 Å². The van der Waals surface area contributed by atoms with E-state index in [-0.39, 0.29) is 18.4 Å². The molecule has 0 radical (unpaired) electrons. The van der Waals surface area contributed by atoms with E-state index in [1.165, 1.54) is 15.9 Å². The Morgan fingerprint density at radius 3 is 2.67 bits per heavy atom. The summed E-state index contributed by atoms with van der Waals surface area (Å²) in [4.78, 5) is 26.3. The summed E-state index contributed by atoms with van der Waals surface area (Å²) in [5, 5.41) is 8.97. The Labute approximate surface area is 123 Å². The van der Waals surface area contributed by atoms with E-state index in [0.717, 1.165) is 0 Å². The van der Waals surface area contributed by atoms with Crippen molar-refractivity contribution in [1.82, 2.24) is 9.80 Å². The summed E-state index contributed by atoms with van der Waals surface area (Å²) in [5.41, 5.74) is 0.447. The maximum absolute atomic E-state index is 13.8. The normalized spacial score (nSPS) is 19.4. The van der Waals surface area contributed by atoms with E-state index in [1.54, 1.807) is 32.2 Å². The first-order chi connectivity index (χ1) is 9.91. The molecule has 1 N–H and O–H groups in total. The Morgan fingerprint density at radius 1 is 1.43 bits per heavy atom. The number of urea groups is 1. The second-order valence-electron chi connectivity index (χ2n) is 5.36. The van der Waals surface area contributed by atoms with Crippen LogP contribution in [0.5, 0.6) is 0 Å². The van der Waals surface area contributed by atoms with Crippen LogP contribution in [0.2, 0.25) is 0 Å². The number of amides is 2. The Morgan fingerprint density at radius 2 is 2.10 bits per heavy atom. The number of benzene rings is 1. The maximum Gasteiger partial charge on any atom is 0.320 e. The van der Waals surface area contributed by atoms with E-state index in [4.69, 9.17) is 5.11 Å². The number of carbonyl (C=O) groups is 2. The zero-order valence-corrected chi connectivity index (χ0v) is 12.1. The van der Waals surface area contributed by atoms with Crippen molar-refractivity contribution in [3.05, 3.63) is 35.6 Å². The first-order valence-corrected chi connectivity index (χ1v) is 6.90. The predicted octanol–water partition coefficient (Wildman–Crippen LogP) is 2.35. The third kappa shape index (κ3) is 3.15. The van der Waals surface area contributed by atoms with Crippen LogP contribution in [-0.4, -0.2) is 47.0 Å². The smallest absolute Gasteiger partial charge is 0.320 e. The van der Waals surface area contributed by atoms with E-state index in [2.05, 4.69) is 0 Å². The molecule has 6 heteroatoms. The third-order valence-corrected chi connectivity index (χ3v) is 4.05. The van der Waals surface area contributed by atoms with Gasteiger partial charge < -0.3 is 14.9 Å². The molecule has 1 aliphatic rings. The highest BCUT2D eigenvalue weighted by Crippen LogP contribution is 2.25. The number of nitrogens with zero attached hydrogens (tertiary/aromatic N) is 2. The predicted molar refractivity (Wildman–Crippen MR) is 75.3 cm³/mol. The minimum atomic E-state index is -0.880. The van der Waals surface area contributed by atoms with Crippen LogP contribution in [0.4, 0.5) is 9.18 Å². The van der Waals surface area contributed by atoms with E-state index < -0.39 is 17.9 Å². The van der Waals surface area contributed by atoms with Crippen molar-refractivity contribution in [1.29, 1.82) is 0 Å². The molecule has 2 unspecified atom stereocenters. The van der Waals surface area contributed by atoms with Crippen LogP contribution >= 0.6 is 0 Å². The number of hydrogen-bond donors (Lipinski definition) is 1. The molecule has 1 aromatic carbocycles. The number of halogens is 1. The molecule has 2 amide bonds. The van der Waals surface area contributed by atoms with Gasteiger partial charge in [-0.2, -0.15) is 0 Å².